The molecule has 0 amide bonds. The minimum atomic E-state index is -0.0160. The molecule has 8 heteroatoms. The van der Waals surface area contributed by atoms with Gasteiger partial charge in [0.25, 0.3) is 5.56 Å². The molecule has 176 valence electrons. The number of nitrogens with zero attached hydrogens (tertiary/aromatic N) is 4. The Balaban J connectivity index is 1.31. The maximum atomic E-state index is 13.2. The maximum Gasteiger partial charge on any atom is 0.261 e. The summed E-state index contributed by atoms with van der Waals surface area (Å²) in [5.41, 5.74) is 5.45. The molecule has 0 aliphatic carbocycles. The van der Waals surface area contributed by atoms with Crippen LogP contribution in [0.15, 0.2) is 71.8 Å². The van der Waals surface area contributed by atoms with Gasteiger partial charge in [-0.3, -0.25) is 14.3 Å². The van der Waals surface area contributed by atoms with Crippen molar-refractivity contribution in [2.24, 2.45) is 0 Å². The number of morpholine rings is 1. The highest BCUT2D eigenvalue weighted by Gasteiger charge is 2.12. The van der Waals surface area contributed by atoms with Gasteiger partial charge in [-0.1, -0.05) is 23.7 Å². The lowest BCUT2D eigenvalue weighted by Crippen LogP contribution is -2.39. The van der Waals surface area contributed by atoms with Crippen molar-refractivity contribution in [3.63, 3.8) is 0 Å². The SMILES string of the molecule is O=c1c2cc(-c3ccc4nc(-c5ccc(Cl)cc5)[nH]c4c3)ccc2ncn1CCN1CCOCC1. The van der Waals surface area contributed by atoms with Crippen LogP contribution in [0.5, 0.6) is 0 Å². The first-order valence-corrected chi connectivity index (χ1v) is 12.1. The molecule has 1 aliphatic heterocycles. The van der Waals surface area contributed by atoms with Crippen LogP contribution in [-0.4, -0.2) is 57.3 Å². The number of aromatic amines is 1. The van der Waals surface area contributed by atoms with Crippen molar-refractivity contribution in [2.75, 3.05) is 32.8 Å². The highest BCUT2D eigenvalue weighted by molar-refractivity contribution is 6.30. The molecule has 0 bridgehead atoms. The Labute approximate surface area is 207 Å². The molecule has 3 aromatic carbocycles. The van der Waals surface area contributed by atoms with Crippen LogP contribution in [-0.2, 0) is 11.3 Å². The number of ether oxygens (including phenoxy) is 1. The van der Waals surface area contributed by atoms with Crippen molar-refractivity contribution in [1.29, 1.82) is 0 Å². The minimum Gasteiger partial charge on any atom is -0.379 e. The third-order valence-electron chi connectivity index (χ3n) is 6.52. The first-order valence-electron chi connectivity index (χ1n) is 11.7. The topological polar surface area (TPSA) is 76.0 Å². The summed E-state index contributed by atoms with van der Waals surface area (Å²) in [6.45, 7) is 4.71. The first-order chi connectivity index (χ1) is 17.1. The number of hydrogen-bond acceptors (Lipinski definition) is 5. The van der Waals surface area contributed by atoms with Gasteiger partial charge in [0.15, 0.2) is 0 Å². The van der Waals surface area contributed by atoms with Crippen LogP contribution in [0.4, 0.5) is 0 Å². The monoisotopic (exact) mass is 485 g/mol. The van der Waals surface area contributed by atoms with Crippen LogP contribution in [0.1, 0.15) is 0 Å². The zero-order chi connectivity index (χ0) is 23.8. The van der Waals surface area contributed by atoms with E-state index in [-0.39, 0.29) is 5.56 Å². The van der Waals surface area contributed by atoms with Gasteiger partial charge in [0.2, 0.25) is 0 Å². The van der Waals surface area contributed by atoms with Gasteiger partial charge in [0, 0.05) is 36.8 Å². The smallest absolute Gasteiger partial charge is 0.261 e. The predicted octanol–water partition coefficient (Wildman–Crippen LogP) is 4.59. The Hall–Kier alpha value is -3.52. The fourth-order valence-electron chi connectivity index (χ4n) is 4.51. The van der Waals surface area contributed by atoms with E-state index in [4.69, 9.17) is 21.3 Å². The zero-order valence-corrected chi connectivity index (χ0v) is 19.8. The third kappa shape index (κ3) is 4.46. The van der Waals surface area contributed by atoms with Crippen LogP contribution in [0, 0.1) is 0 Å². The summed E-state index contributed by atoms with van der Waals surface area (Å²) in [6, 6.07) is 19.5. The average Bonchev–Trinajstić information content (AvgIpc) is 3.33. The second-order valence-electron chi connectivity index (χ2n) is 8.75. The molecule has 3 heterocycles. The molecule has 35 heavy (non-hydrogen) atoms. The molecule has 0 atom stereocenters. The minimum absolute atomic E-state index is 0.0160. The lowest BCUT2D eigenvalue weighted by atomic mass is 10.0. The Morgan fingerprint density at radius 1 is 0.886 bits per heavy atom. The number of rotatable bonds is 5. The molecular formula is C27H24ClN5O2. The molecule has 7 nitrogen and oxygen atoms in total. The van der Waals surface area contributed by atoms with E-state index in [1.54, 1.807) is 10.9 Å². The van der Waals surface area contributed by atoms with E-state index >= 15 is 0 Å². The van der Waals surface area contributed by atoms with E-state index in [9.17, 15) is 4.79 Å². The predicted molar refractivity (Wildman–Crippen MR) is 139 cm³/mol. The lowest BCUT2D eigenvalue weighted by Gasteiger charge is -2.26. The molecule has 0 spiro atoms. The maximum absolute atomic E-state index is 13.2. The second-order valence-corrected chi connectivity index (χ2v) is 9.19. The van der Waals surface area contributed by atoms with E-state index in [1.807, 2.05) is 54.6 Å². The van der Waals surface area contributed by atoms with E-state index in [2.05, 4.69) is 20.9 Å². The van der Waals surface area contributed by atoms with Gasteiger partial charge in [-0.05, 0) is 59.7 Å². The second kappa shape index (κ2) is 9.26. The van der Waals surface area contributed by atoms with E-state index < -0.39 is 0 Å². The fraction of sp³-hybridized carbons (Fsp3) is 0.222. The largest absolute Gasteiger partial charge is 0.379 e. The van der Waals surface area contributed by atoms with Crippen LogP contribution >= 0.6 is 11.6 Å². The standard InChI is InChI=1S/C27H24ClN5O2/c28-21-5-1-18(2-6-21)26-30-24-8-4-20(16-25(24)31-26)19-3-7-23-22(15-19)27(34)33(17-29-23)10-9-32-11-13-35-14-12-32/h1-8,15-17H,9-14H2,(H,30,31). The van der Waals surface area contributed by atoms with Gasteiger partial charge >= 0.3 is 0 Å². The molecule has 0 unspecified atom stereocenters. The molecule has 1 saturated heterocycles. The molecule has 5 aromatic rings. The number of halogens is 1. The van der Waals surface area contributed by atoms with Crippen LogP contribution in [0.2, 0.25) is 5.02 Å². The average molecular weight is 486 g/mol. The summed E-state index contributed by atoms with van der Waals surface area (Å²) in [5, 5.41) is 1.32. The normalized spacial score (nSPS) is 14.7. The van der Waals surface area contributed by atoms with Crippen molar-refractivity contribution in [1.82, 2.24) is 24.4 Å². The van der Waals surface area contributed by atoms with E-state index in [1.165, 1.54) is 0 Å². The van der Waals surface area contributed by atoms with Gasteiger partial charge in [0.05, 0.1) is 41.5 Å². The molecule has 6 rings (SSSR count). The van der Waals surface area contributed by atoms with E-state index in [0.717, 1.165) is 66.4 Å². The van der Waals surface area contributed by atoms with Crippen molar-refractivity contribution in [3.05, 3.63) is 82.4 Å². The molecule has 1 aliphatic rings. The molecule has 2 aromatic heterocycles. The quantitative estimate of drug-likeness (QED) is 0.394. The Morgan fingerprint density at radius 3 is 2.40 bits per heavy atom. The van der Waals surface area contributed by atoms with Crippen molar-refractivity contribution in [3.8, 4) is 22.5 Å². The van der Waals surface area contributed by atoms with Gasteiger partial charge in [-0.2, -0.15) is 0 Å². The van der Waals surface area contributed by atoms with Gasteiger partial charge in [0.1, 0.15) is 5.82 Å². The fourth-order valence-corrected chi connectivity index (χ4v) is 4.63. The van der Waals surface area contributed by atoms with E-state index in [0.29, 0.717) is 22.5 Å². The zero-order valence-electron chi connectivity index (χ0n) is 19.1. The Morgan fingerprint density at radius 2 is 1.60 bits per heavy atom. The molecule has 1 N–H and O–H groups in total. The number of H-pyrrole nitrogens is 1. The van der Waals surface area contributed by atoms with Gasteiger partial charge in [-0.15, -0.1) is 0 Å². The van der Waals surface area contributed by atoms with Crippen LogP contribution < -0.4 is 5.56 Å². The summed E-state index contributed by atoms with van der Waals surface area (Å²) >= 11 is 6.02. The molecule has 0 saturated carbocycles. The summed E-state index contributed by atoms with van der Waals surface area (Å²) in [7, 11) is 0. The summed E-state index contributed by atoms with van der Waals surface area (Å²) in [6.07, 6.45) is 1.65. The van der Waals surface area contributed by atoms with Crippen molar-refractivity contribution in [2.45, 2.75) is 6.54 Å². The number of fused-ring (bicyclic) bond motifs is 2. The van der Waals surface area contributed by atoms with Crippen molar-refractivity contribution >= 4 is 33.5 Å². The molecule has 1 fully saturated rings. The van der Waals surface area contributed by atoms with Gasteiger partial charge < -0.3 is 9.72 Å². The van der Waals surface area contributed by atoms with Crippen LogP contribution in [0.25, 0.3) is 44.5 Å². The molecular weight excluding hydrogens is 462 g/mol. The third-order valence-corrected chi connectivity index (χ3v) is 6.77. The number of hydrogen-bond donors (Lipinski definition) is 1. The Bertz CT molecular complexity index is 1570. The molecule has 0 radical (unpaired) electrons. The lowest BCUT2D eigenvalue weighted by molar-refractivity contribution is 0.0362. The number of imidazole rings is 1. The summed E-state index contributed by atoms with van der Waals surface area (Å²) in [5.74, 6) is 0.791. The number of nitrogens with one attached hydrogen (secondary N) is 1. The van der Waals surface area contributed by atoms with Gasteiger partial charge in [-0.25, -0.2) is 9.97 Å². The number of benzene rings is 3. The summed E-state index contributed by atoms with van der Waals surface area (Å²) < 4.78 is 7.12. The van der Waals surface area contributed by atoms with Crippen molar-refractivity contribution < 1.29 is 4.74 Å². The Kier molecular flexibility index (Phi) is 5.82. The number of aromatic nitrogens is 4. The van der Waals surface area contributed by atoms with Crippen LogP contribution in [0.3, 0.4) is 0 Å². The summed E-state index contributed by atoms with van der Waals surface area (Å²) in [4.78, 5) is 28.2. The first kappa shape index (κ1) is 22.0. The highest BCUT2D eigenvalue weighted by Crippen LogP contribution is 2.28. The highest BCUT2D eigenvalue weighted by atomic mass is 35.5.